The van der Waals surface area contributed by atoms with Gasteiger partial charge in [0.05, 0.1) is 6.42 Å². The van der Waals surface area contributed by atoms with E-state index in [0.29, 0.717) is 6.54 Å². The Morgan fingerprint density at radius 2 is 1.75 bits per heavy atom. The number of carboxylic acids is 1. The van der Waals surface area contributed by atoms with Gasteiger partial charge in [0, 0.05) is 33.9 Å². The Morgan fingerprint density at radius 3 is 2.19 bits per heavy atom. The van der Waals surface area contributed by atoms with Crippen molar-refractivity contribution in [3.8, 4) is 0 Å². The second-order valence-corrected chi connectivity index (χ2v) is 6.38. The van der Waals surface area contributed by atoms with Crippen LogP contribution in [0.15, 0.2) is 0 Å². The molecule has 0 aliphatic carbocycles. The maximum Gasteiger partial charge on any atom is 0.500 e. The largest absolute Gasteiger partial charge is 0.500 e. The van der Waals surface area contributed by atoms with Gasteiger partial charge in [-0.3, -0.25) is 4.79 Å². The van der Waals surface area contributed by atoms with Gasteiger partial charge in [-0.2, -0.15) is 0 Å². The second-order valence-electron chi connectivity index (χ2n) is 3.29. The number of aliphatic carboxylic acids is 1. The molecule has 0 spiro atoms. The van der Waals surface area contributed by atoms with Gasteiger partial charge in [0.25, 0.3) is 0 Å². The van der Waals surface area contributed by atoms with Gasteiger partial charge in [-0.05, 0) is 13.0 Å². The zero-order chi connectivity index (χ0) is 12.4. The van der Waals surface area contributed by atoms with Crippen molar-refractivity contribution in [3.05, 3.63) is 0 Å². The fraction of sp³-hybridized carbons (Fsp3) is 0.889. The van der Waals surface area contributed by atoms with E-state index in [0.717, 1.165) is 19.0 Å². The van der Waals surface area contributed by atoms with E-state index >= 15 is 0 Å². The fourth-order valence-electron chi connectivity index (χ4n) is 1.31. The number of hydrogen-bond acceptors (Lipinski definition) is 5. The molecular formula is C9H21NO5Si. The highest BCUT2D eigenvalue weighted by atomic mass is 28.4. The quantitative estimate of drug-likeness (QED) is 0.430. The van der Waals surface area contributed by atoms with Crippen molar-refractivity contribution < 1.29 is 23.2 Å². The Bertz CT molecular complexity index is 190. The first kappa shape index (κ1) is 15.5. The van der Waals surface area contributed by atoms with E-state index < -0.39 is 14.8 Å². The Kier molecular flexibility index (Phi) is 8.40. The Morgan fingerprint density at radius 1 is 1.19 bits per heavy atom. The van der Waals surface area contributed by atoms with Crippen LogP contribution in [-0.4, -0.2) is 54.3 Å². The topological polar surface area (TPSA) is 77.0 Å². The molecule has 0 aromatic carbocycles. The molecule has 0 radical (unpaired) electrons. The smallest absolute Gasteiger partial charge is 0.481 e. The molecule has 16 heavy (non-hydrogen) atoms. The van der Waals surface area contributed by atoms with Gasteiger partial charge in [-0.15, -0.1) is 0 Å². The molecule has 0 fully saturated rings. The number of nitrogens with one attached hydrogen (secondary N) is 1. The number of carboxylic acid groups (broad SMARTS) is 1. The summed E-state index contributed by atoms with van der Waals surface area (Å²) in [6, 6.07) is 0.719. The van der Waals surface area contributed by atoms with E-state index in [-0.39, 0.29) is 6.42 Å². The maximum absolute atomic E-state index is 10.2. The lowest BCUT2D eigenvalue weighted by Gasteiger charge is -2.24. The van der Waals surface area contributed by atoms with E-state index in [2.05, 4.69) is 5.32 Å². The summed E-state index contributed by atoms with van der Waals surface area (Å²) in [5, 5.41) is 11.5. The van der Waals surface area contributed by atoms with Crippen molar-refractivity contribution in [2.45, 2.75) is 18.9 Å². The van der Waals surface area contributed by atoms with Crippen LogP contribution in [0.25, 0.3) is 0 Å². The summed E-state index contributed by atoms with van der Waals surface area (Å²) in [5.74, 6) is -0.790. The molecule has 2 N–H and O–H groups in total. The zero-order valence-electron chi connectivity index (χ0n) is 10.1. The first-order chi connectivity index (χ1) is 7.60. The third-order valence-corrected chi connectivity index (χ3v) is 5.12. The number of carbonyl (C=O) groups is 1. The molecule has 0 saturated heterocycles. The predicted molar refractivity (Wildman–Crippen MR) is 61.3 cm³/mol. The third kappa shape index (κ3) is 6.18. The average Bonchev–Trinajstić information content (AvgIpc) is 2.29. The molecule has 0 rings (SSSR count). The maximum atomic E-state index is 10.2. The lowest BCUT2D eigenvalue weighted by molar-refractivity contribution is -0.136. The SMILES string of the molecule is CO[Si](CCCNCCC(=O)O)(OC)OC. The lowest BCUT2D eigenvalue weighted by atomic mass is 10.4. The van der Waals surface area contributed by atoms with E-state index in [1.54, 1.807) is 21.3 Å². The Hall–Kier alpha value is -0.473. The molecule has 6 nitrogen and oxygen atoms in total. The molecular weight excluding hydrogens is 230 g/mol. The van der Waals surface area contributed by atoms with E-state index in [1.807, 2.05) is 0 Å². The lowest BCUT2D eigenvalue weighted by Crippen LogP contribution is -2.43. The minimum Gasteiger partial charge on any atom is -0.481 e. The normalized spacial score (nSPS) is 11.7. The molecule has 0 aromatic rings. The molecule has 0 aliphatic rings. The van der Waals surface area contributed by atoms with Crippen molar-refractivity contribution in [1.29, 1.82) is 0 Å². The highest BCUT2D eigenvalue weighted by Crippen LogP contribution is 2.14. The zero-order valence-corrected chi connectivity index (χ0v) is 11.1. The summed E-state index contributed by atoms with van der Waals surface area (Å²) in [4.78, 5) is 10.2. The molecule has 0 aromatic heterocycles. The van der Waals surface area contributed by atoms with Crippen LogP contribution in [-0.2, 0) is 18.1 Å². The van der Waals surface area contributed by atoms with Crippen LogP contribution < -0.4 is 5.32 Å². The minimum atomic E-state index is -2.46. The first-order valence-electron chi connectivity index (χ1n) is 5.18. The summed E-state index contributed by atoms with van der Waals surface area (Å²) in [7, 11) is 2.29. The van der Waals surface area contributed by atoms with Crippen molar-refractivity contribution in [2.24, 2.45) is 0 Å². The van der Waals surface area contributed by atoms with Gasteiger partial charge in [-0.25, -0.2) is 0 Å². The molecule has 0 atom stereocenters. The van der Waals surface area contributed by atoms with Gasteiger partial charge >= 0.3 is 14.8 Å². The predicted octanol–water partition coefficient (Wildman–Crippen LogP) is 0.319. The van der Waals surface area contributed by atoms with Gasteiger partial charge in [0.1, 0.15) is 0 Å². The van der Waals surface area contributed by atoms with E-state index in [9.17, 15) is 4.79 Å². The highest BCUT2D eigenvalue weighted by Gasteiger charge is 2.36. The van der Waals surface area contributed by atoms with E-state index in [4.69, 9.17) is 18.4 Å². The van der Waals surface area contributed by atoms with Crippen molar-refractivity contribution in [3.63, 3.8) is 0 Å². The summed E-state index contributed by atoms with van der Waals surface area (Å²) in [5.41, 5.74) is 0. The van der Waals surface area contributed by atoms with Crippen LogP contribution in [0.5, 0.6) is 0 Å². The molecule has 0 aliphatic heterocycles. The number of hydrogen-bond donors (Lipinski definition) is 2. The summed E-state index contributed by atoms with van der Waals surface area (Å²) in [6.07, 6.45) is 0.975. The van der Waals surface area contributed by atoms with Crippen molar-refractivity contribution in [1.82, 2.24) is 5.32 Å². The van der Waals surface area contributed by atoms with Crippen LogP contribution in [0, 0.1) is 0 Å². The monoisotopic (exact) mass is 251 g/mol. The second kappa shape index (κ2) is 8.65. The van der Waals surface area contributed by atoms with Crippen LogP contribution in [0.2, 0.25) is 6.04 Å². The molecule has 0 heterocycles. The molecule has 7 heteroatoms. The van der Waals surface area contributed by atoms with Crippen molar-refractivity contribution in [2.75, 3.05) is 34.4 Å². The van der Waals surface area contributed by atoms with Crippen LogP contribution >= 0.6 is 0 Å². The Labute approximate surface area is 97.3 Å². The third-order valence-electron chi connectivity index (χ3n) is 2.29. The summed E-state index contributed by atoms with van der Waals surface area (Å²) in [6.45, 7) is 1.22. The number of rotatable bonds is 10. The van der Waals surface area contributed by atoms with Gasteiger partial charge in [0.15, 0.2) is 0 Å². The highest BCUT2D eigenvalue weighted by molar-refractivity contribution is 6.60. The Balaban J connectivity index is 3.59. The van der Waals surface area contributed by atoms with E-state index in [1.165, 1.54) is 0 Å². The molecule has 0 saturated carbocycles. The van der Waals surface area contributed by atoms with Gasteiger partial charge in [0.2, 0.25) is 0 Å². The van der Waals surface area contributed by atoms with Crippen molar-refractivity contribution >= 4 is 14.8 Å². The minimum absolute atomic E-state index is 0.140. The standard InChI is InChI=1S/C9H21NO5Si/c1-13-16(14-2,15-3)8-4-6-10-7-5-9(11)12/h10H,4-8H2,1-3H3,(H,11,12). The van der Waals surface area contributed by atoms with Crippen LogP contribution in [0.1, 0.15) is 12.8 Å². The van der Waals surface area contributed by atoms with Crippen LogP contribution in [0.4, 0.5) is 0 Å². The van der Waals surface area contributed by atoms with Gasteiger partial charge < -0.3 is 23.7 Å². The molecule has 96 valence electrons. The van der Waals surface area contributed by atoms with Gasteiger partial charge in [-0.1, -0.05) is 0 Å². The molecule has 0 amide bonds. The average molecular weight is 251 g/mol. The fourth-order valence-corrected chi connectivity index (χ4v) is 3.03. The summed E-state index contributed by atoms with van der Waals surface area (Å²) >= 11 is 0. The van der Waals surface area contributed by atoms with Crippen LogP contribution in [0.3, 0.4) is 0 Å². The summed E-state index contributed by atoms with van der Waals surface area (Å²) < 4.78 is 15.8. The molecule has 0 unspecified atom stereocenters. The first-order valence-corrected chi connectivity index (χ1v) is 7.11. The molecule has 0 bridgehead atoms.